The van der Waals surface area contributed by atoms with Gasteiger partial charge in [0.15, 0.2) is 0 Å². The Hall–Kier alpha value is -2.27. The van der Waals surface area contributed by atoms with Gasteiger partial charge >= 0.3 is 0 Å². The van der Waals surface area contributed by atoms with Crippen molar-refractivity contribution >= 4 is 23.6 Å². The van der Waals surface area contributed by atoms with Crippen molar-refractivity contribution < 1.29 is 9.59 Å². The Morgan fingerprint density at radius 3 is 2.44 bits per heavy atom. The lowest BCUT2D eigenvalue weighted by Gasteiger charge is -2.15. The monoisotopic (exact) mass is 382 g/mol. The van der Waals surface area contributed by atoms with E-state index in [1.807, 2.05) is 47.4 Å². The van der Waals surface area contributed by atoms with Crippen LogP contribution in [-0.4, -0.2) is 42.1 Å². The third-order valence-electron chi connectivity index (χ3n) is 4.71. The van der Waals surface area contributed by atoms with Gasteiger partial charge < -0.3 is 10.2 Å². The first-order valence-corrected chi connectivity index (χ1v) is 10.5. The molecule has 0 atom stereocenters. The summed E-state index contributed by atoms with van der Waals surface area (Å²) in [7, 11) is 0. The summed E-state index contributed by atoms with van der Waals surface area (Å²) in [5.74, 6) is 0.480. The molecule has 2 aromatic rings. The average molecular weight is 383 g/mol. The Bertz CT molecular complexity index is 758. The lowest BCUT2D eigenvalue weighted by atomic mass is 10.1. The smallest absolute Gasteiger partial charge is 0.252 e. The zero-order chi connectivity index (χ0) is 18.9. The number of amides is 2. The van der Waals surface area contributed by atoms with Gasteiger partial charge in [-0.1, -0.05) is 42.5 Å². The van der Waals surface area contributed by atoms with Crippen molar-refractivity contribution in [2.45, 2.75) is 30.6 Å². The maximum Gasteiger partial charge on any atom is 0.252 e. The predicted octanol–water partition coefficient (Wildman–Crippen LogP) is 3.76. The summed E-state index contributed by atoms with van der Waals surface area (Å²) in [5.41, 5.74) is 1.93. The number of likely N-dealkylation sites (tertiary alicyclic amines) is 1. The van der Waals surface area contributed by atoms with Gasteiger partial charge in [-0.15, -0.1) is 11.8 Å². The quantitative estimate of drug-likeness (QED) is 0.559. The van der Waals surface area contributed by atoms with E-state index in [4.69, 9.17) is 0 Å². The van der Waals surface area contributed by atoms with E-state index >= 15 is 0 Å². The van der Waals surface area contributed by atoms with E-state index in [0.717, 1.165) is 43.7 Å². The molecule has 27 heavy (non-hydrogen) atoms. The summed E-state index contributed by atoms with van der Waals surface area (Å²) in [6, 6.07) is 17.8. The highest BCUT2D eigenvalue weighted by molar-refractivity contribution is 8.00. The number of hydrogen-bond acceptors (Lipinski definition) is 3. The molecule has 142 valence electrons. The Balaban J connectivity index is 1.48. The van der Waals surface area contributed by atoms with Gasteiger partial charge in [-0.3, -0.25) is 9.59 Å². The number of carbonyl (C=O) groups excluding carboxylic acids is 2. The maximum absolute atomic E-state index is 12.6. The van der Waals surface area contributed by atoms with Gasteiger partial charge in [0.2, 0.25) is 5.91 Å². The third-order valence-corrected chi connectivity index (χ3v) is 5.77. The van der Waals surface area contributed by atoms with E-state index < -0.39 is 0 Å². The van der Waals surface area contributed by atoms with Crippen LogP contribution >= 0.6 is 11.8 Å². The molecule has 0 saturated carbocycles. The molecule has 0 radical (unpaired) electrons. The van der Waals surface area contributed by atoms with E-state index in [0.29, 0.717) is 17.9 Å². The number of thioether (sulfide) groups is 1. The topological polar surface area (TPSA) is 49.4 Å². The lowest BCUT2D eigenvalue weighted by Crippen LogP contribution is -2.29. The van der Waals surface area contributed by atoms with Gasteiger partial charge in [-0.25, -0.2) is 0 Å². The van der Waals surface area contributed by atoms with Crippen LogP contribution in [0.4, 0.5) is 0 Å². The number of carbonyl (C=O) groups is 2. The SMILES string of the molecule is O=C(NCCCc1ccccc1)c1ccccc1SCC(=O)N1CCCC1. The minimum atomic E-state index is -0.0696. The van der Waals surface area contributed by atoms with Crippen LogP contribution in [0.3, 0.4) is 0 Å². The zero-order valence-electron chi connectivity index (χ0n) is 15.5. The van der Waals surface area contributed by atoms with Crippen LogP contribution in [-0.2, 0) is 11.2 Å². The highest BCUT2D eigenvalue weighted by Gasteiger charge is 2.19. The van der Waals surface area contributed by atoms with Gasteiger partial charge in [-0.2, -0.15) is 0 Å². The minimum absolute atomic E-state index is 0.0696. The van der Waals surface area contributed by atoms with Crippen LogP contribution in [0.15, 0.2) is 59.5 Å². The number of benzene rings is 2. The number of rotatable bonds is 8. The lowest BCUT2D eigenvalue weighted by molar-refractivity contribution is -0.127. The van der Waals surface area contributed by atoms with Crippen molar-refractivity contribution in [3.63, 3.8) is 0 Å². The molecule has 0 aromatic heterocycles. The molecular weight excluding hydrogens is 356 g/mol. The van der Waals surface area contributed by atoms with Gasteiger partial charge in [-0.05, 0) is 43.4 Å². The van der Waals surface area contributed by atoms with Crippen molar-refractivity contribution in [1.82, 2.24) is 10.2 Å². The van der Waals surface area contributed by atoms with Crippen LogP contribution in [0.25, 0.3) is 0 Å². The molecule has 0 unspecified atom stereocenters. The minimum Gasteiger partial charge on any atom is -0.352 e. The number of nitrogens with zero attached hydrogens (tertiary/aromatic N) is 1. The molecule has 2 aromatic carbocycles. The Morgan fingerprint density at radius 1 is 0.963 bits per heavy atom. The Kier molecular flexibility index (Phi) is 7.34. The first kappa shape index (κ1) is 19.5. The molecular formula is C22H26N2O2S. The van der Waals surface area contributed by atoms with E-state index in [9.17, 15) is 9.59 Å². The van der Waals surface area contributed by atoms with Crippen LogP contribution in [0.2, 0.25) is 0 Å². The third kappa shape index (κ3) is 5.86. The van der Waals surface area contributed by atoms with Crippen molar-refractivity contribution in [1.29, 1.82) is 0 Å². The normalized spacial score (nSPS) is 13.6. The zero-order valence-corrected chi connectivity index (χ0v) is 16.3. The Labute approximate surface area is 165 Å². The molecule has 1 aliphatic rings. The van der Waals surface area contributed by atoms with Crippen molar-refractivity contribution in [3.8, 4) is 0 Å². The van der Waals surface area contributed by atoms with Crippen LogP contribution in [0, 0.1) is 0 Å². The number of hydrogen-bond donors (Lipinski definition) is 1. The molecule has 0 aliphatic carbocycles. The first-order valence-electron chi connectivity index (χ1n) is 9.56. The maximum atomic E-state index is 12.6. The molecule has 1 aliphatic heterocycles. The van der Waals surface area contributed by atoms with E-state index in [1.165, 1.54) is 17.3 Å². The second kappa shape index (κ2) is 10.2. The molecule has 0 spiro atoms. The van der Waals surface area contributed by atoms with Crippen molar-refractivity contribution in [2.24, 2.45) is 0 Å². The van der Waals surface area contributed by atoms with Crippen LogP contribution in [0.5, 0.6) is 0 Å². The fourth-order valence-corrected chi connectivity index (χ4v) is 4.16. The molecule has 1 saturated heterocycles. The molecule has 3 rings (SSSR count). The molecule has 0 bridgehead atoms. The summed E-state index contributed by atoms with van der Waals surface area (Å²) >= 11 is 1.45. The summed E-state index contributed by atoms with van der Waals surface area (Å²) < 4.78 is 0. The summed E-state index contributed by atoms with van der Waals surface area (Å²) in [6.45, 7) is 2.37. The van der Waals surface area contributed by atoms with Gasteiger partial charge in [0.1, 0.15) is 0 Å². The molecule has 4 nitrogen and oxygen atoms in total. The van der Waals surface area contributed by atoms with Crippen LogP contribution in [0.1, 0.15) is 35.2 Å². The number of aryl methyl sites for hydroxylation is 1. The summed E-state index contributed by atoms with van der Waals surface area (Å²) in [4.78, 5) is 27.6. The molecule has 1 fully saturated rings. The summed E-state index contributed by atoms with van der Waals surface area (Å²) in [5, 5.41) is 3.00. The molecule has 2 amide bonds. The van der Waals surface area contributed by atoms with E-state index in [-0.39, 0.29) is 11.8 Å². The van der Waals surface area contributed by atoms with E-state index in [1.54, 1.807) is 0 Å². The van der Waals surface area contributed by atoms with Crippen LogP contribution < -0.4 is 5.32 Å². The Morgan fingerprint density at radius 2 is 1.67 bits per heavy atom. The molecule has 1 N–H and O–H groups in total. The molecule has 1 heterocycles. The highest BCUT2D eigenvalue weighted by Crippen LogP contribution is 2.23. The van der Waals surface area contributed by atoms with Gasteiger partial charge in [0.05, 0.1) is 11.3 Å². The standard InChI is InChI=1S/C22H26N2O2S/c25-21(24-15-6-7-16-24)17-27-20-13-5-4-12-19(20)22(26)23-14-8-11-18-9-2-1-3-10-18/h1-5,9-10,12-13H,6-8,11,14-17H2,(H,23,26). The average Bonchev–Trinajstić information content (AvgIpc) is 3.25. The fourth-order valence-electron chi connectivity index (χ4n) is 3.21. The van der Waals surface area contributed by atoms with Crippen molar-refractivity contribution in [3.05, 3.63) is 65.7 Å². The predicted molar refractivity (Wildman–Crippen MR) is 110 cm³/mol. The van der Waals surface area contributed by atoms with Gasteiger partial charge in [0, 0.05) is 24.5 Å². The van der Waals surface area contributed by atoms with E-state index in [2.05, 4.69) is 17.4 Å². The summed E-state index contributed by atoms with van der Waals surface area (Å²) in [6.07, 6.45) is 4.04. The largest absolute Gasteiger partial charge is 0.352 e. The fraction of sp³-hybridized carbons (Fsp3) is 0.364. The number of nitrogens with one attached hydrogen (secondary N) is 1. The highest BCUT2D eigenvalue weighted by atomic mass is 32.2. The molecule has 5 heteroatoms. The second-order valence-electron chi connectivity index (χ2n) is 6.72. The second-order valence-corrected chi connectivity index (χ2v) is 7.73. The van der Waals surface area contributed by atoms with Crippen molar-refractivity contribution in [2.75, 3.05) is 25.4 Å². The first-order chi connectivity index (χ1) is 13.2. The van der Waals surface area contributed by atoms with Gasteiger partial charge in [0.25, 0.3) is 5.91 Å².